The molecule has 0 fully saturated rings. The van der Waals surface area contributed by atoms with Gasteiger partial charge in [-0.05, 0) is 54.6 Å². The van der Waals surface area contributed by atoms with Gasteiger partial charge in [0.2, 0.25) is 0 Å². The van der Waals surface area contributed by atoms with E-state index in [2.05, 4.69) is 15.4 Å². The summed E-state index contributed by atoms with van der Waals surface area (Å²) in [5.41, 5.74) is 1.93. The summed E-state index contributed by atoms with van der Waals surface area (Å²) in [6.07, 6.45) is -1.05. The number of halogens is 3. The van der Waals surface area contributed by atoms with Crippen molar-refractivity contribution in [2.75, 3.05) is 6.61 Å². The largest absolute Gasteiger partial charge is 0.416 e. The van der Waals surface area contributed by atoms with Gasteiger partial charge in [-0.2, -0.15) is 18.3 Å². The first-order chi connectivity index (χ1) is 16.8. The van der Waals surface area contributed by atoms with Crippen molar-refractivity contribution < 1.29 is 23.1 Å². The standard InChI is InChI=1S/C25H20F3N5O2/c1-32-13-19-18-12-15(24(35)30-21(14-34)20-4-2-3-11-29-20)5-10-22(18)33(23(19)31-32)17-8-6-16(7-9-17)25(26,27)28/h2-13,21,34H,14H2,1H3,(H,30,35)/t21-/m0/s1. The predicted molar refractivity (Wildman–Crippen MR) is 124 cm³/mol. The van der Waals surface area contributed by atoms with Crippen LogP contribution >= 0.6 is 0 Å². The highest BCUT2D eigenvalue weighted by atomic mass is 19.4. The first-order valence-electron chi connectivity index (χ1n) is 10.7. The number of pyridine rings is 1. The number of hydrogen-bond donors (Lipinski definition) is 2. The number of nitrogens with zero attached hydrogens (tertiary/aromatic N) is 4. The fourth-order valence-electron chi connectivity index (χ4n) is 4.13. The molecular formula is C25H20F3N5O2. The molecule has 3 heterocycles. The van der Waals surface area contributed by atoms with Crippen molar-refractivity contribution in [1.29, 1.82) is 0 Å². The van der Waals surface area contributed by atoms with Gasteiger partial charge in [-0.25, -0.2) is 0 Å². The minimum Gasteiger partial charge on any atom is -0.394 e. The Hall–Kier alpha value is -4.18. The lowest BCUT2D eigenvalue weighted by Gasteiger charge is -2.16. The van der Waals surface area contributed by atoms with Crippen LogP contribution in [-0.2, 0) is 13.2 Å². The van der Waals surface area contributed by atoms with Gasteiger partial charge in [0.15, 0.2) is 5.65 Å². The Kier molecular flexibility index (Phi) is 5.52. The zero-order chi connectivity index (χ0) is 24.7. The second-order valence-electron chi connectivity index (χ2n) is 8.12. The third kappa shape index (κ3) is 4.12. The topological polar surface area (TPSA) is 85.0 Å². The molecule has 178 valence electrons. The SMILES string of the molecule is Cn1cc2c3cc(C(=O)N[C@@H](CO)c4ccccn4)ccc3n(-c3ccc(C(F)(F)F)cc3)c2n1. The molecule has 5 aromatic rings. The molecule has 0 aliphatic carbocycles. The fourth-order valence-corrected chi connectivity index (χ4v) is 4.13. The summed E-state index contributed by atoms with van der Waals surface area (Å²) in [5.74, 6) is -0.393. The predicted octanol–water partition coefficient (Wildman–Crippen LogP) is 4.39. The van der Waals surface area contributed by atoms with E-state index in [-0.39, 0.29) is 6.61 Å². The lowest BCUT2D eigenvalue weighted by molar-refractivity contribution is -0.137. The van der Waals surface area contributed by atoms with Crippen LogP contribution < -0.4 is 5.32 Å². The van der Waals surface area contributed by atoms with Crippen LogP contribution in [0, 0.1) is 0 Å². The summed E-state index contributed by atoms with van der Waals surface area (Å²) < 4.78 is 42.5. The van der Waals surface area contributed by atoms with E-state index in [1.54, 1.807) is 65.1 Å². The van der Waals surface area contributed by atoms with Crippen LogP contribution in [-0.4, -0.2) is 37.0 Å². The van der Waals surface area contributed by atoms with E-state index < -0.39 is 23.7 Å². The normalized spacial score (nSPS) is 12.8. The lowest BCUT2D eigenvalue weighted by Crippen LogP contribution is -2.31. The molecule has 0 spiro atoms. The number of nitrogens with one attached hydrogen (secondary N) is 1. The van der Waals surface area contributed by atoms with Crippen molar-refractivity contribution >= 4 is 27.8 Å². The number of rotatable bonds is 5. The highest BCUT2D eigenvalue weighted by Crippen LogP contribution is 2.34. The highest BCUT2D eigenvalue weighted by Gasteiger charge is 2.30. The number of benzene rings is 2. The molecule has 0 aliphatic rings. The first-order valence-corrected chi connectivity index (χ1v) is 10.7. The van der Waals surface area contributed by atoms with E-state index in [4.69, 9.17) is 0 Å². The van der Waals surface area contributed by atoms with Gasteiger partial charge in [0.1, 0.15) is 0 Å². The van der Waals surface area contributed by atoms with Gasteiger partial charge in [0.25, 0.3) is 5.91 Å². The van der Waals surface area contributed by atoms with Gasteiger partial charge in [0.05, 0.1) is 29.4 Å². The van der Waals surface area contributed by atoms with Gasteiger partial charge in [-0.1, -0.05) is 6.07 Å². The fraction of sp³-hybridized carbons (Fsp3) is 0.160. The Bertz CT molecular complexity index is 1520. The Balaban J connectivity index is 1.56. The molecule has 1 amide bonds. The van der Waals surface area contributed by atoms with Gasteiger partial charge in [0, 0.05) is 41.5 Å². The van der Waals surface area contributed by atoms with E-state index in [0.29, 0.717) is 28.1 Å². The summed E-state index contributed by atoms with van der Waals surface area (Å²) in [6, 6.07) is 14.5. The van der Waals surface area contributed by atoms with Gasteiger partial charge in [-0.3, -0.25) is 19.0 Å². The van der Waals surface area contributed by atoms with Gasteiger partial charge < -0.3 is 10.4 Å². The van der Waals surface area contributed by atoms with Gasteiger partial charge in [-0.15, -0.1) is 0 Å². The molecule has 0 bridgehead atoms. The Labute approximate surface area is 197 Å². The number of aliphatic hydroxyl groups excluding tert-OH is 1. The summed E-state index contributed by atoms with van der Waals surface area (Å²) in [4.78, 5) is 17.2. The maximum absolute atomic E-state index is 13.0. The third-order valence-electron chi connectivity index (χ3n) is 5.80. The van der Waals surface area contributed by atoms with Gasteiger partial charge >= 0.3 is 6.18 Å². The molecule has 0 unspecified atom stereocenters. The number of carbonyl (C=O) groups is 1. The third-order valence-corrected chi connectivity index (χ3v) is 5.80. The highest BCUT2D eigenvalue weighted by molar-refractivity contribution is 6.10. The van der Waals surface area contributed by atoms with E-state index in [1.165, 1.54) is 12.1 Å². The molecule has 0 aliphatic heterocycles. The summed E-state index contributed by atoms with van der Waals surface area (Å²) in [7, 11) is 1.75. The molecule has 0 radical (unpaired) electrons. The average molecular weight is 479 g/mol. The average Bonchev–Trinajstić information content (AvgIpc) is 3.36. The van der Waals surface area contributed by atoms with Crippen molar-refractivity contribution in [1.82, 2.24) is 24.6 Å². The number of aliphatic hydroxyl groups is 1. The smallest absolute Gasteiger partial charge is 0.394 e. The van der Waals surface area contributed by atoms with Crippen LogP contribution in [0.4, 0.5) is 13.2 Å². The van der Waals surface area contributed by atoms with Crippen molar-refractivity contribution in [3.8, 4) is 5.69 Å². The maximum Gasteiger partial charge on any atom is 0.416 e. The molecule has 35 heavy (non-hydrogen) atoms. The van der Waals surface area contributed by atoms with Crippen LogP contribution in [0.1, 0.15) is 27.7 Å². The molecule has 1 atom stereocenters. The monoisotopic (exact) mass is 479 g/mol. The van der Waals surface area contributed by atoms with E-state index in [9.17, 15) is 23.1 Å². The number of hydrogen-bond acceptors (Lipinski definition) is 4. The number of aryl methyl sites for hydroxylation is 1. The maximum atomic E-state index is 13.0. The minimum atomic E-state index is -4.43. The molecule has 2 aromatic carbocycles. The Morgan fingerprint density at radius 1 is 1.09 bits per heavy atom. The van der Waals surface area contributed by atoms with Crippen molar-refractivity contribution in [2.24, 2.45) is 7.05 Å². The number of fused-ring (bicyclic) bond motifs is 3. The van der Waals surface area contributed by atoms with Crippen molar-refractivity contribution in [2.45, 2.75) is 12.2 Å². The quantitative estimate of drug-likeness (QED) is 0.392. The number of amides is 1. The summed E-state index contributed by atoms with van der Waals surface area (Å²) >= 11 is 0. The van der Waals surface area contributed by atoms with Crippen LogP contribution in [0.3, 0.4) is 0 Å². The van der Waals surface area contributed by atoms with Crippen molar-refractivity contribution in [3.63, 3.8) is 0 Å². The molecule has 0 saturated carbocycles. The molecule has 5 rings (SSSR count). The second kappa shape index (κ2) is 8.55. The minimum absolute atomic E-state index is 0.317. The molecule has 2 N–H and O–H groups in total. The van der Waals surface area contributed by atoms with Crippen LogP contribution in [0.5, 0.6) is 0 Å². The molecule has 7 nitrogen and oxygen atoms in total. The molecule has 10 heteroatoms. The number of alkyl halides is 3. The Morgan fingerprint density at radius 2 is 1.86 bits per heavy atom. The number of carbonyl (C=O) groups excluding carboxylic acids is 1. The first kappa shape index (κ1) is 22.6. The molecule has 3 aromatic heterocycles. The molecule has 0 saturated heterocycles. The molecular weight excluding hydrogens is 459 g/mol. The van der Waals surface area contributed by atoms with Crippen LogP contribution in [0.15, 0.2) is 73.1 Å². The summed E-state index contributed by atoms with van der Waals surface area (Å²) in [6.45, 7) is -0.317. The number of aromatic nitrogens is 4. The van der Waals surface area contributed by atoms with Crippen LogP contribution in [0.25, 0.3) is 27.6 Å². The van der Waals surface area contributed by atoms with E-state index >= 15 is 0 Å². The Morgan fingerprint density at radius 3 is 2.51 bits per heavy atom. The zero-order valence-corrected chi connectivity index (χ0v) is 18.5. The van der Waals surface area contributed by atoms with Crippen molar-refractivity contribution in [3.05, 3.63) is 89.9 Å². The summed E-state index contributed by atoms with van der Waals surface area (Å²) in [5, 5.41) is 18.5. The zero-order valence-electron chi connectivity index (χ0n) is 18.5. The van der Waals surface area contributed by atoms with E-state index in [0.717, 1.165) is 22.9 Å². The van der Waals surface area contributed by atoms with Crippen LogP contribution in [0.2, 0.25) is 0 Å². The van der Waals surface area contributed by atoms with E-state index in [1.807, 2.05) is 0 Å². The second-order valence-corrected chi connectivity index (χ2v) is 8.12. The lowest BCUT2D eigenvalue weighted by atomic mass is 10.1.